The molecule has 1 aliphatic heterocycles. The highest BCUT2D eigenvalue weighted by Gasteiger charge is 2.26. The fourth-order valence-electron chi connectivity index (χ4n) is 1.47. The lowest BCUT2D eigenvalue weighted by atomic mass is 10.00. The monoisotopic (exact) mass is 257 g/mol. The Bertz CT molecular complexity index is 537. The van der Waals surface area contributed by atoms with Crippen LogP contribution in [-0.2, 0) is 4.79 Å². The summed E-state index contributed by atoms with van der Waals surface area (Å²) in [7, 11) is 0. The average Bonchev–Trinajstić information content (AvgIpc) is 2.15. The van der Waals surface area contributed by atoms with Gasteiger partial charge in [-0.1, -0.05) is 23.2 Å². The number of aliphatic imine (C=N–C) groups is 1. The molecule has 0 atom stereocenters. The van der Waals surface area contributed by atoms with Crippen molar-refractivity contribution in [3.63, 3.8) is 0 Å². The van der Waals surface area contributed by atoms with E-state index in [0.717, 1.165) is 0 Å². The molecule has 0 saturated carbocycles. The standard InChI is InChI=1S/C10H5Cl2NO3/c11-4-1-5(12)9-6(2-4)13-7(10(15)16)3-8(9)14/h1-2H,3H2,(H,15,16). The van der Waals surface area contributed by atoms with E-state index in [0.29, 0.717) is 5.02 Å². The molecule has 16 heavy (non-hydrogen) atoms. The second-order valence-corrected chi connectivity index (χ2v) is 4.09. The summed E-state index contributed by atoms with van der Waals surface area (Å²) in [5.41, 5.74) is 0.248. The van der Waals surface area contributed by atoms with Crippen LogP contribution in [0.25, 0.3) is 0 Å². The Morgan fingerprint density at radius 2 is 2.06 bits per heavy atom. The topological polar surface area (TPSA) is 66.7 Å². The second-order valence-electron chi connectivity index (χ2n) is 3.25. The van der Waals surface area contributed by atoms with Gasteiger partial charge in [0.1, 0.15) is 5.71 Å². The fraction of sp³-hybridized carbons (Fsp3) is 0.100. The number of fused-ring (bicyclic) bond motifs is 1. The van der Waals surface area contributed by atoms with Crippen molar-refractivity contribution >= 4 is 46.4 Å². The van der Waals surface area contributed by atoms with E-state index in [1.54, 1.807) is 0 Å². The smallest absolute Gasteiger partial charge is 0.350 e. The molecule has 0 bridgehead atoms. The minimum Gasteiger partial charge on any atom is -0.477 e. The Morgan fingerprint density at radius 3 is 2.69 bits per heavy atom. The van der Waals surface area contributed by atoms with Gasteiger partial charge >= 0.3 is 5.97 Å². The molecular formula is C10H5Cl2NO3. The van der Waals surface area contributed by atoms with Crippen LogP contribution >= 0.6 is 23.2 Å². The van der Waals surface area contributed by atoms with Crippen molar-refractivity contribution in [3.8, 4) is 0 Å². The van der Waals surface area contributed by atoms with Gasteiger partial charge in [0.2, 0.25) is 0 Å². The van der Waals surface area contributed by atoms with Crippen molar-refractivity contribution < 1.29 is 14.7 Å². The van der Waals surface area contributed by atoms with E-state index in [9.17, 15) is 9.59 Å². The van der Waals surface area contributed by atoms with Crippen LogP contribution in [0.15, 0.2) is 17.1 Å². The molecule has 0 aromatic heterocycles. The van der Waals surface area contributed by atoms with E-state index >= 15 is 0 Å². The average molecular weight is 258 g/mol. The summed E-state index contributed by atoms with van der Waals surface area (Å²) in [5.74, 6) is -1.57. The third kappa shape index (κ3) is 1.81. The molecule has 0 fully saturated rings. The summed E-state index contributed by atoms with van der Waals surface area (Å²) in [5, 5.41) is 9.28. The first kappa shape index (κ1) is 11.1. The number of hydrogen-bond donors (Lipinski definition) is 1. The number of Topliss-reactive ketones (excluding diaryl/α,β-unsaturated/α-hetero) is 1. The molecular weight excluding hydrogens is 253 g/mol. The predicted octanol–water partition coefficient (Wildman–Crippen LogP) is 2.74. The molecule has 0 saturated heterocycles. The molecule has 0 amide bonds. The number of carboxylic acids is 1. The number of carbonyl (C=O) groups excluding carboxylic acids is 1. The molecule has 6 heteroatoms. The van der Waals surface area contributed by atoms with Gasteiger partial charge < -0.3 is 5.11 Å². The molecule has 4 nitrogen and oxygen atoms in total. The van der Waals surface area contributed by atoms with Crippen LogP contribution < -0.4 is 0 Å². The van der Waals surface area contributed by atoms with Crippen LogP contribution in [0.5, 0.6) is 0 Å². The number of aliphatic carboxylic acids is 1. The number of hydrogen-bond acceptors (Lipinski definition) is 3. The highest BCUT2D eigenvalue weighted by Crippen LogP contribution is 2.34. The van der Waals surface area contributed by atoms with Crippen LogP contribution in [0.3, 0.4) is 0 Å². The molecule has 2 rings (SSSR count). The second kappa shape index (κ2) is 3.88. The Balaban J connectivity index is 2.66. The third-order valence-corrected chi connectivity index (χ3v) is 2.66. The molecule has 1 aromatic carbocycles. The minimum absolute atomic E-state index is 0.195. The molecule has 1 N–H and O–H groups in total. The molecule has 1 heterocycles. The molecule has 0 radical (unpaired) electrons. The van der Waals surface area contributed by atoms with E-state index in [2.05, 4.69) is 4.99 Å². The molecule has 0 unspecified atom stereocenters. The summed E-state index contributed by atoms with van der Waals surface area (Å²) in [6, 6.07) is 2.85. The number of benzene rings is 1. The lowest BCUT2D eigenvalue weighted by Crippen LogP contribution is -2.21. The van der Waals surface area contributed by atoms with Crippen molar-refractivity contribution in [1.29, 1.82) is 0 Å². The van der Waals surface area contributed by atoms with Gasteiger partial charge in [0.05, 0.1) is 22.7 Å². The normalized spacial score (nSPS) is 14.4. The van der Waals surface area contributed by atoms with Gasteiger partial charge in [0.15, 0.2) is 5.78 Å². The Kier molecular flexibility index (Phi) is 2.69. The van der Waals surface area contributed by atoms with Crippen molar-refractivity contribution in [2.45, 2.75) is 6.42 Å². The molecule has 82 valence electrons. The number of ketones is 1. The lowest BCUT2D eigenvalue weighted by molar-refractivity contribution is -0.129. The van der Waals surface area contributed by atoms with Gasteiger partial charge in [-0.05, 0) is 12.1 Å². The Hall–Kier alpha value is -1.39. The highest BCUT2D eigenvalue weighted by molar-refractivity contribution is 6.44. The predicted molar refractivity (Wildman–Crippen MR) is 60.1 cm³/mol. The molecule has 1 aliphatic rings. The number of halogens is 2. The van der Waals surface area contributed by atoms with Crippen LogP contribution in [0.4, 0.5) is 5.69 Å². The first-order valence-corrected chi connectivity index (χ1v) is 5.07. The van der Waals surface area contributed by atoms with Crippen LogP contribution in [0, 0.1) is 0 Å². The van der Waals surface area contributed by atoms with E-state index in [-0.39, 0.29) is 34.2 Å². The van der Waals surface area contributed by atoms with Gasteiger partial charge in [0, 0.05) is 5.02 Å². The van der Waals surface area contributed by atoms with Crippen molar-refractivity contribution in [2.24, 2.45) is 4.99 Å². The van der Waals surface area contributed by atoms with E-state index in [1.165, 1.54) is 12.1 Å². The van der Waals surface area contributed by atoms with Crippen molar-refractivity contribution in [2.75, 3.05) is 0 Å². The maximum atomic E-state index is 11.7. The quantitative estimate of drug-likeness (QED) is 0.842. The first-order chi connectivity index (χ1) is 7.49. The summed E-state index contributed by atoms with van der Waals surface area (Å²) in [6.07, 6.45) is -0.246. The SMILES string of the molecule is O=C(O)C1=Nc2cc(Cl)cc(Cl)c2C(=O)C1. The number of nitrogens with zero attached hydrogens (tertiary/aromatic N) is 1. The van der Waals surface area contributed by atoms with E-state index in [4.69, 9.17) is 28.3 Å². The maximum Gasteiger partial charge on any atom is 0.350 e. The first-order valence-electron chi connectivity index (χ1n) is 4.32. The molecule has 1 aromatic rings. The summed E-state index contributed by atoms with van der Waals surface area (Å²) < 4.78 is 0. The minimum atomic E-state index is -1.21. The van der Waals surface area contributed by atoms with Crippen molar-refractivity contribution in [3.05, 3.63) is 27.7 Å². The summed E-state index contributed by atoms with van der Waals surface area (Å²) >= 11 is 11.6. The van der Waals surface area contributed by atoms with Crippen LogP contribution in [0.2, 0.25) is 10.0 Å². The van der Waals surface area contributed by atoms with Crippen LogP contribution in [0.1, 0.15) is 16.8 Å². The molecule has 0 aliphatic carbocycles. The zero-order valence-corrected chi connectivity index (χ0v) is 9.34. The zero-order chi connectivity index (χ0) is 11.9. The Labute approximate surface area is 101 Å². The third-order valence-electron chi connectivity index (χ3n) is 2.14. The largest absolute Gasteiger partial charge is 0.477 e. The number of carboxylic acid groups (broad SMARTS) is 1. The highest BCUT2D eigenvalue weighted by atomic mass is 35.5. The Morgan fingerprint density at radius 1 is 1.38 bits per heavy atom. The maximum absolute atomic E-state index is 11.7. The number of rotatable bonds is 1. The van der Waals surface area contributed by atoms with Gasteiger partial charge in [0.25, 0.3) is 0 Å². The van der Waals surface area contributed by atoms with Crippen LogP contribution in [-0.4, -0.2) is 22.6 Å². The zero-order valence-electron chi connectivity index (χ0n) is 7.83. The summed E-state index contributed by atoms with van der Waals surface area (Å²) in [4.78, 5) is 26.2. The lowest BCUT2D eigenvalue weighted by Gasteiger charge is -2.13. The summed E-state index contributed by atoms with van der Waals surface area (Å²) in [6.45, 7) is 0. The number of carbonyl (C=O) groups is 2. The van der Waals surface area contributed by atoms with Crippen molar-refractivity contribution in [1.82, 2.24) is 0 Å². The van der Waals surface area contributed by atoms with Gasteiger partial charge in [-0.2, -0.15) is 0 Å². The van der Waals surface area contributed by atoms with Gasteiger partial charge in [-0.15, -0.1) is 0 Å². The van der Waals surface area contributed by atoms with Gasteiger partial charge in [-0.25, -0.2) is 9.79 Å². The van der Waals surface area contributed by atoms with E-state index < -0.39 is 5.97 Å². The fourth-order valence-corrected chi connectivity index (χ4v) is 2.06. The molecule has 0 spiro atoms. The van der Waals surface area contributed by atoms with Gasteiger partial charge in [-0.3, -0.25) is 4.79 Å². The van der Waals surface area contributed by atoms with E-state index in [1.807, 2.05) is 0 Å².